The van der Waals surface area contributed by atoms with Crippen molar-refractivity contribution in [2.24, 2.45) is 0 Å². The molecule has 2 heterocycles. The van der Waals surface area contributed by atoms with Gasteiger partial charge in [-0.1, -0.05) is 12.1 Å². The van der Waals surface area contributed by atoms with Crippen LogP contribution in [-0.2, 0) is 4.74 Å². The number of rotatable bonds is 8. The zero-order chi connectivity index (χ0) is 23.5. The Kier molecular flexibility index (Phi) is 6.23. The third kappa shape index (κ3) is 4.35. The van der Waals surface area contributed by atoms with Gasteiger partial charge in [0.25, 0.3) is 0 Å². The molecule has 0 aliphatic heterocycles. The lowest BCUT2D eigenvalue weighted by atomic mass is 10.0. The fourth-order valence-corrected chi connectivity index (χ4v) is 3.37. The second kappa shape index (κ2) is 9.25. The fourth-order valence-electron chi connectivity index (χ4n) is 3.37. The maximum Gasteiger partial charge on any atom is 0.247 e. The maximum absolute atomic E-state index is 14.2. The molecule has 4 rings (SSSR count). The third-order valence-electron chi connectivity index (χ3n) is 5.04. The Balaban J connectivity index is 1.59. The van der Waals surface area contributed by atoms with Crippen molar-refractivity contribution in [3.63, 3.8) is 0 Å². The Bertz CT molecular complexity index is 1250. The smallest absolute Gasteiger partial charge is 0.247 e. The van der Waals surface area contributed by atoms with Crippen molar-refractivity contribution in [3.8, 4) is 34.3 Å². The monoisotopic (exact) mass is 452 g/mol. The summed E-state index contributed by atoms with van der Waals surface area (Å²) in [6, 6.07) is 13.1. The van der Waals surface area contributed by atoms with Gasteiger partial charge >= 0.3 is 0 Å². The van der Waals surface area contributed by atoms with Gasteiger partial charge in [0, 0.05) is 25.2 Å². The number of carbonyl (C=O) groups excluding carboxylic acids is 1. The molecule has 33 heavy (non-hydrogen) atoms. The summed E-state index contributed by atoms with van der Waals surface area (Å²) >= 11 is 0. The van der Waals surface area contributed by atoms with E-state index in [-0.39, 0.29) is 23.0 Å². The normalized spacial score (nSPS) is 11.9. The van der Waals surface area contributed by atoms with Crippen LogP contribution >= 0.6 is 0 Å². The predicted octanol–water partition coefficient (Wildman–Crippen LogP) is 5.03. The molecule has 0 amide bonds. The fraction of sp³-hybridized carbons (Fsp3) is 0.208. The SMILES string of the molecule is COc1cc(-c2ccc(C(=O)C(OC)c3ccc(-c4nnc(C)o4)cc3)o2)cc(OC)c1F. The van der Waals surface area contributed by atoms with E-state index >= 15 is 0 Å². The van der Waals surface area contributed by atoms with Crippen molar-refractivity contribution < 1.29 is 32.2 Å². The molecule has 0 saturated heterocycles. The minimum atomic E-state index is -0.889. The van der Waals surface area contributed by atoms with E-state index in [1.54, 1.807) is 43.3 Å². The van der Waals surface area contributed by atoms with Crippen LogP contribution in [0.3, 0.4) is 0 Å². The summed E-state index contributed by atoms with van der Waals surface area (Å²) in [5, 5.41) is 7.80. The van der Waals surface area contributed by atoms with Gasteiger partial charge in [-0.2, -0.15) is 4.39 Å². The summed E-state index contributed by atoms with van der Waals surface area (Å²) in [6.07, 6.45) is -0.889. The molecule has 0 N–H and O–H groups in total. The molecular formula is C24H21FN2O6. The number of Topliss-reactive ketones (excluding diaryl/α,β-unsaturated/α-hetero) is 1. The summed E-state index contributed by atoms with van der Waals surface area (Å²) in [7, 11) is 4.15. The average Bonchev–Trinajstić information content (AvgIpc) is 3.50. The Labute approximate surface area is 188 Å². The molecule has 0 aliphatic rings. The van der Waals surface area contributed by atoms with Crippen LogP contribution in [-0.4, -0.2) is 37.3 Å². The number of halogens is 1. The number of hydrogen-bond donors (Lipinski definition) is 0. The van der Waals surface area contributed by atoms with Crippen LogP contribution in [0, 0.1) is 12.7 Å². The molecule has 0 fully saturated rings. The van der Waals surface area contributed by atoms with Crippen molar-refractivity contribution in [1.82, 2.24) is 10.2 Å². The van der Waals surface area contributed by atoms with Crippen molar-refractivity contribution in [3.05, 3.63) is 71.6 Å². The summed E-state index contributed by atoms with van der Waals surface area (Å²) in [6.45, 7) is 1.71. The van der Waals surface area contributed by atoms with Crippen LogP contribution in [0.15, 0.2) is 57.4 Å². The van der Waals surface area contributed by atoms with Gasteiger partial charge in [-0.05, 0) is 42.0 Å². The molecule has 8 nitrogen and oxygen atoms in total. The van der Waals surface area contributed by atoms with E-state index in [0.29, 0.717) is 28.7 Å². The largest absolute Gasteiger partial charge is 0.494 e. The van der Waals surface area contributed by atoms with Crippen LogP contribution in [0.5, 0.6) is 11.5 Å². The van der Waals surface area contributed by atoms with E-state index in [4.69, 9.17) is 23.0 Å². The van der Waals surface area contributed by atoms with E-state index in [1.807, 2.05) is 0 Å². The second-order valence-electron chi connectivity index (χ2n) is 7.09. The maximum atomic E-state index is 14.2. The summed E-state index contributed by atoms with van der Waals surface area (Å²) in [5.74, 6) is 0.308. The molecule has 0 radical (unpaired) electrons. The predicted molar refractivity (Wildman–Crippen MR) is 116 cm³/mol. The molecular weight excluding hydrogens is 431 g/mol. The molecule has 2 aromatic carbocycles. The molecule has 2 aromatic heterocycles. The van der Waals surface area contributed by atoms with Crippen LogP contribution in [0.2, 0.25) is 0 Å². The number of furan rings is 1. The van der Waals surface area contributed by atoms with Gasteiger partial charge < -0.3 is 23.0 Å². The zero-order valence-corrected chi connectivity index (χ0v) is 18.4. The van der Waals surface area contributed by atoms with Gasteiger partial charge in [0.1, 0.15) is 11.9 Å². The topological polar surface area (TPSA) is 96.8 Å². The Morgan fingerprint density at radius 2 is 1.58 bits per heavy atom. The minimum Gasteiger partial charge on any atom is -0.494 e. The minimum absolute atomic E-state index is 0.0000695. The quantitative estimate of drug-likeness (QED) is 0.343. The van der Waals surface area contributed by atoms with Gasteiger partial charge in [0.15, 0.2) is 17.3 Å². The summed E-state index contributed by atoms with van der Waals surface area (Å²) in [5.41, 5.74) is 1.85. The molecule has 0 aliphatic carbocycles. The molecule has 0 saturated carbocycles. The first kappa shape index (κ1) is 22.2. The van der Waals surface area contributed by atoms with E-state index in [2.05, 4.69) is 10.2 Å². The number of aromatic nitrogens is 2. The lowest BCUT2D eigenvalue weighted by Gasteiger charge is -2.13. The van der Waals surface area contributed by atoms with Crippen molar-refractivity contribution >= 4 is 5.78 Å². The number of aryl methyl sites for hydroxylation is 1. The summed E-state index contributed by atoms with van der Waals surface area (Å²) < 4.78 is 41.0. The second-order valence-corrected chi connectivity index (χ2v) is 7.09. The van der Waals surface area contributed by atoms with E-state index < -0.39 is 11.9 Å². The highest BCUT2D eigenvalue weighted by molar-refractivity contribution is 5.98. The molecule has 0 bridgehead atoms. The number of ether oxygens (including phenoxy) is 3. The van der Waals surface area contributed by atoms with Crippen molar-refractivity contribution in [1.29, 1.82) is 0 Å². The molecule has 9 heteroatoms. The third-order valence-corrected chi connectivity index (χ3v) is 5.04. The summed E-state index contributed by atoms with van der Waals surface area (Å²) in [4.78, 5) is 13.1. The molecule has 0 spiro atoms. The van der Waals surface area contributed by atoms with Crippen LogP contribution < -0.4 is 9.47 Å². The first-order valence-electron chi connectivity index (χ1n) is 9.94. The Hall–Kier alpha value is -3.98. The van der Waals surface area contributed by atoms with Gasteiger partial charge in [-0.15, -0.1) is 10.2 Å². The number of carbonyl (C=O) groups is 1. The molecule has 1 atom stereocenters. The van der Waals surface area contributed by atoms with Crippen molar-refractivity contribution in [2.75, 3.05) is 21.3 Å². The highest BCUT2D eigenvalue weighted by Gasteiger charge is 2.25. The number of ketones is 1. The van der Waals surface area contributed by atoms with E-state index in [1.165, 1.54) is 33.5 Å². The van der Waals surface area contributed by atoms with Crippen LogP contribution in [0.25, 0.3) is 22.8 Å². The standard InChI is InChI=1S/C24H21FN2O6/c1-13-26-27-24(32-13)15-7-5-14(6-8-15)23(31-4)22(28)18-10-9-17(33-18)16-11-19(29-2)21(25)20(12-16)30-3/h5-12,23H,1-4H3. The van der Waals surface area contributed by atoms with Gasteiger partial charge in [-0.3, -0.25) is 4.79 Å². The van der Waals surface area contributed by atoms with Crippen molar-refractivity contribution in [2.45, 2.75) is 13.0 Å². The zero-order valence-electron chi connectivity index (χ0n) is 18.4. The number of nitrogens with zero attached hydrogens (tertiary/aromatic N) is 2. The highest BCUT2D eigenvalue weighted by Crippen LogP contribution is 2.35. The lowest BCUT2D eigenvalue weighted by molar-refractivity contribution is 0.0577. The van der Waals surface area contributed by atoms with Gasteiger partial charge in [0.05, 0.1) is 14.2 Å². The average molecular weight is 452 g/mol. The van der Waals surface area contributed by atoms with E-state index in [0.717, 1.165) is 5.56 Å². The lowest BCUT2D eigenvalue weighted by Crippen LogP contribution is -2.14. The highest BCUT2D eigenvalue weighted by atomic mass is 19.1. The number of benzene rings is 2. The van der Waals surface area contributed by atoms with E-state index in [9.17, 15) is 9.18 Å². The first-order chi connectivity index (χ1) is 15.9. The Morgan fingerprint density at radius 1 is 0.909 bits per heavy atom. The number of hydrogen-bond acceptors (Lipinski definition) is 8. The first-order valence-corrected chi connectivity index (χ1v) is 9.94. The van der Waals surface area contributed by atoms with Gasteiger partial charge in [0.2, 0.25) is 23.4 Å². The number of methoxy groups -OCH3 is 3. The van der Waals surface area contributed by atoms with Crippen LogP contribution in [0.1, 0.15) is 28.1 Å². The molecule has 4 aromatic rings. The van der Waals surface area contributed by atoms with Crippen LogP contribution in [0.4, 0.5) is 4.39 Å². The Morgan fingerprint density at radius 3 is 2.12 bits per heavy atom. The molecule has 170 valence electrons. The van der Waals surface area contributed by atoms with Gasteiger partial charge in [-0.25, -0.2) is 0 Å². The molecule has 1 unspecified atom stereocenters.